The molecular formula is C66H84AlBBrCl5F3LiN10O17U. The number of hydrogen-bond donors (Lipinski definition) is 2. The maximum atomic E-state index is 12.2. The normalized spacial score (nSPS) is 10.5. The van der Waals surface area contributed by atoms with Gasteiger partial charge in [-0.25, -0.2) is 48.9 Å². The average Bonchev–Trinajstić information content (AvgIpc) is 1.65. The number of hydrogen-bond acceptors (Lipinski definition) is 22. The summed E-state index contributed by atoms with van der Waals surface area (Å²) in [4.78, 5) is 109. The van der Waals surface area contributed by atoms with E-state index in [9.17, 15) is 67.3 Å². The van der Waals surface area contributed by atoms with Crippen LogP contribution < -0.4 is 18.9 Å². The first kappa shape index (κ1) is 102. The molecule has 0 aliphatic carbocycles. The number of aliphatic hydroxyl groups is 1. The Balaban J connectivity index is -0.000000583. The Kier molecular flexibility index (Phi) is 57.8. The Labute approximate surface area is 695 Å². The molecule has 9 rings (SSSR count). The van der Waals surface area contributed by atoms with Crippen LogP contribution in [0.2, 0.25) is 25.8 Å². The van der Waals surface area contributed by atoms with Gasteiger partial charge in [0.15, 0.2) is 17.4 Å². The molecule has 2 N–H and O–H groups in total. The third-order valence-electron chi connectivity index (χ3n) is 13.0. The van der Waals surface area contributed by atoms with Crippen molar-refractivity contribution in [3.8, 4) is 0 Å². The summed E-state index contributed by atoms with van der Waals surface area (Å²) in [6, 6.07) is 13.1. The molecule has 0 unspecified atom stereocenters. The summed E-state index contributed by atoms with van der Waals surface area (Å²) in [6.45, 7) is 13.4. The van der Waals surface area contributed by atoms with Crippen molar-refractivity contribution in [1.29, 1.82) is 1.34 Å². The Morgan fingerprint density at radius 1 is 0.604 bits per heavy atom. The van der Waals surface area contributed by atoms with E-state index in [1.807, 2.05) is 15.2 Å². The van der Waals surface area contributed by atoms with Crippen LogP contribution in [-0.4, -0.2) is 188 Å². The third-order valence-corrected chi connectivity index (χ3v) is 14.6. The monoisotopic (exact) mass is 1880 g/mol. The number of nitro groups is 2. The summed E-state index contributed by atoms with van der Waals surface area (Å²) in [7, 11) is 3.75. The van der Waals surface area contributed by atoms with Gasteiger partial charge in [0.1, 0.15) is 49.5 Å². The predicted molar refractivity (Wildman–Crippen MR) is 401 cm³/mol. The predicted octanol–water partition coefficient (Wildman–Crippen LogP) is 10.5. The topological polar surface area (TPSA) is 354 Å². The fourth-order valence-corrected chi connectivity index (χ4v) is 9.68. The zero-order chi connectivity index (χ0) is 78.1. The molecule has 2 radical (unpaired) electrons. The van der Waals surface area contributed by atoms with Crippen molar-refractivity contribution in [2.24, 2.45) is 0 Å². The van der Waals surface area contributed by atoms with E-state index in [2.05, 4.69) is 68.4 Å². The quantitative estimate of drug-likeness (QED) is 0.00653. The van der Waals surface area contributed by atoms with E-state index in [-0.39, 0.29) is 154 Å². The number of nitrogens with zero attached hydrogens (tertiary/aromatic N) is 9. The van der Waals surface area contributed by atoms with Crippen LogP contribution in [0, 0.1) is 58.3 Å². The number of esters is 5. The summed E-state index contributed by atoms with van der Waals surface area (Å²) in [5.74, 6) is -4.51. The Bertz CT molecular complexity index is 3980. The van der Waals surface area contributed by atoms with Gasteiger partial charge in [-0.2, -0.15) is 0 Å². The molecule has 27 nitrogen and oxygen atoms in total. The van der Waals surface area contributed by atoms with Crippen molar-refractivity contribution in [1.82, 2.24) is 39.0 Å². The molecule has 574 valence electrons. The summed E-state index contributed by atoms with van der Waals surface area (Å²) in [5.41, 5.74) is 4.35. The molecule has 40 heteroatoms. The largest absolute Gasteiger partial charge is 1.00 e. The van der Waals surface area contributed by atoms with Crippen molar-refractivity contribution >= 4 is 179 Å². The molecule has 9 heterocycles. The fourth-order valence-electron chi connectivity index (χ4n) is 8.39. The van der Waals surface area contributed by atoms with Gasteiger partial charge in [0.2, 0.25) is 5.78 Å². The van der Waals surface area contributed by atoms with Crippen molar-refractivity contribution in [2.75, 3.05) is 71.6 Å². The zero-order valence-electron chi connectivity index (χ0n) is 60.8. The number of rotatable bonds is 24. The number of carbonyl (C=O) groups is 6. The van der Waals surface area contributed by atoms with Crippen LogP contribution in [0.4, 0.5) is 24.5 Å². The van der Waals surface area contributed by atoms with Crippen LogP contribution in [0.5, 0.6) is 0 Å². The van der Waals surface area contributed by atoms with Crippen LogP contribution in [-0.2, 0) is 73.7 Å². The number of nitrogens with one attached hydrogen (secondary N) is 1. The molecule has 1 saturated heterocycles. The number of ether oxygens (including phenoxy) is 6. The molecule has 0 bridgehead atoms. The smallest absolute Gasteiger partial charge is 1.00 e. The number of aliphatic hydroxyl groups excluding tert-OH is 1. The van der Waals surface area contributed by atoms with E-state index in [0.717, 1.165) is 82.2 Å². The SMILES string of the molecule is C1CCOC1.CCOC(=O)C(=O)Cc1cc(Cl)ncc1[N+](=O)[O-].CCOC(=O)C(=O)OCC.CCOC(=O)c1cc2cc(Cl)ncc2[nH]1.CCOC(=O)c1cc2cc(Cl)ncc2n1CCCCF.Cc1cc(Cl)ncc1[N+](=O)[O-].FCCCCBr.OCc1cc2cc(Cl)ncc2n1CCCCF.[2H][B].[AlH3].[H-].[Li+].[U]. The number of halogens is 9. The maximum absolute atomic E-state index is 12.2. The van der Waals surface area contributed by atoms with Gasteiger partial charge < -0.3 is 49.1 Å². The molecule has 106 heavy (non-hydrogen) atoms. The van der Waals surface area contributed by atoms with Crippen LogP contribution >= 0.6 is 73.9 Å². The number of aromatic nitrogens is 8. The van der Waals surface area contributed by atoms with Gasteiger partial charge in [-0.3, -0.25) is 38.2 Å². The molecular weight excluding hydrogens is 1800 g/mol. The number of carbonyl (C=O) groups excluding carboxylic acids is 6. The molecule has 1 fully saturated rings. The van der Waals surface area contributed by atoms with E-state index in [0.29, 0.717) is 84.4 Å². The molecule has 0 amide bonds. The minimum atomic E-state index is -1.03. The first-order chi connectivity index (χ1) is 49.8. The number of alkyl halides is 4. The number of aryl methyl sites for hydroxylation is 3. The molecule has 8 aromatic rings. The molecule has 1 aliphatic rings. The summed E-state index contributed by atoms with van der Waals surface area (Å²) < 4.78 is 72.5. The fraction of sp³-hybridized carbons (Fsp3) is 0.439. The van der Waals surface area contributed by atoms with E-state index >= 15 is 0 Å². The van der Waals surface area contributed by atoms with Gasteiger partial charge in [0.25, 0.3) is 11.4 Å². The van der Waals surface area contributed by atoms with Gasteiger partial charge in [-0.05, 0) is 143 Å². The number of fused-ring (bicyclic) bond motifs is 3. The number of H-pyrrole nitrogens is 1. The van der Waals surface area contributed by atoms with Gasteiger partial charge in [-0.15, -0.1) is 0 Å². The number of ketones is 1. The van der Waals surface area contributed by atoms with E-state index in [4.69, 9.17) is 73.6 Å². The van der Waals surface area contributed by atoms with Crippen molar-refractivity contribution in [3.05, 3.63) is 154 Å². The third kappa shape index (κ3) is 38.9. The number of pyridine rings is 5. The standard InChI is InChI=1S/C14H16ClFN2O2.C12H14ClFN2O.C10H9ClN2O5.C10H9ClN2O2.C6H5ClN2O2.C6H10O4.C4H8BrF.C4H8O.Al.BH.Li.U.4H/c1-2-20-14(19)11-7-10-8-13(15)17-9-12(10)18(11)6-4-3-5-16;13-12-6-9-5-10(8-17)16(4-2-1-3-14)11(9)7-15-12;1-2-18-10(15)8(14)3-6-4-9(11)12-5-7(6)13(16)17;1-2-15-10(14)7-3-6-4-9(11)12-5-8(6)13-7;1-4-2-6(7)8-3-5(4)9(10)11;1-3-9-5(7)6(8)10-4-2;5-3-1-2-4-6;1-2-4-5-3-1;;;;;;;;/h7-9H,2-6H2,1H3;5-7,17H,1-4,8H2;4-5H,2-3H2,1H3;3-5,13H,2H2,1H3;2-3H,1H3;3-4H2,1-2H3;1-4H2;1-4H2;;1H;;;;;;/q;;;;;;;;;;+1;;;;;-1/i;;;;;;;;;1D;;;;;;. The second-order valence-corrected chi connectivity index (χ2v) is 23.1. The second-order valence-electron chi connectivity index (χ2n) is 20.4. The second kappa shape index (κ2) is 60.0. The maximum Gasteiger partial charge on any atom is 1.00 e. The van der Waals surface area contributed by atoms with E-state index in [1.54, 1.807) is 90.5 Å². The van der Waals surface area contributed by atoms with Crippen LogP contribution in [0.1, 0.15) is 125 Å². The molecule has 0 atom stereocenters. The zero-order valence-corrected chi connectivity index (χ0v) is 68.3. The Hall–Kier alpha value is -5.92. The Morgan fingerprint density at radius 3 is 1.48 bits per heavy atom. The van der Waals surface area contributed by atoms with Gasteiger partial charge in [0, 0.05) is 111 Å². The van der Waals surface area contributed by atoms with E-state index < -0.39 is 40.0 Å². The van der Waals surface area contributed by atoms with Crippen molar-refractivity contribution < 1.29 is 137 Å². The number of aromatic amines is 1. The molecule has 1 aliphatic heterocycles. The molecule has 8 aromatic heterocycles. The summed E-state index contributed by atoms with van der Waals surface area (Å²) in [5, 5.41) is 35.3. The number of unbranched alkanes of at least 4 members (excludes halogenated alkanes) is 3. The first-order valence-electron chi connectivity index (χ1n) is 32.2. The summed E-state index contributed by atoms with van der Waals surface area (Å²) >= 11 is 31.7. The minimum Gasteiger partial charge on any atom is -1.00 e. The van der Waals surface area contributed by atoms with Crippen LogP contribution in [0.3, 0.4) is 0 Å². The first-order valence-corrected chi connectivity index (χ1v) is 34.6. The average molecular weight is 1890 g/mol. The van der Waals surface area contributed by atoms with E-state index in [1.165, 1.54) is 25.0 Å². The van der Waals surface area contributed by atoms with Crippen LogP contribution in [0.15, 0.2) is 79.5 Å². The van der Waals surface area contributed by atoms with Gasteiger partial charge >= 0.3 is 48.7 Å². The van der Waals surface area contributed by atoms with Gasteiger partial charge in [-0.1, -0.05) is 73.9 Å². The number of Topliss-reactive ketones (excluding diaryl/α,β-unsaturated/α-hetero) is 1. The minimum absolute atomic E-state index is 0. The van der Waals surface area contributed by atoms with Crippen molar-refractivity contribution in [3.63, 3.8) is 0 Å². The molecule has 0 spiro atoms. The van der Waals surface area contributed by atoms with Crippen molar-refractivity contribution in [2.45, 2.75) is 119 Å². The molecule has 0 saturated carbocycles. The van der Waals surface area contributed by atoms with Crippen LogP contribution in [0.25, 0.3) is 32.7 Å². The molecule has 0 aromatic carbocycles. The Morgan fingerprint density at radius 2 is 1.03 bits per heavy atom. The summed E-state index contributed by atoms with van der Waals surface area (Å²) in [6.07, 6.45) is 13.1. The van der Waals surface area contributed by atoms with Gasteiger partial charge in [0.05, 0.1) is 105 Å².